The van der Waals surface area contributed by atoms with Crippen molar-refractivity contribution in [3.05, 3.63) is 0 Å². The Balaban J connectivity index is 4.54. The molecule has 0 aliphatic heterocycles. The highest BCUT2D eigenvalue weighted by atomic mass is 35.5. The second-order valence-corrected chi connectivity index (χ2v) is 5.81. The van der Waals surface area contributed by atoms with Gasteiger partial charge in [0.2, 0.25) is 11.8 Å². The van der Waals surface area contributed by atoms with Gasteiger partial charge in [-0.3, -0.25) is 19.2 Å². The van der Waals surface area contributed by atoms with Gasteiger partial charge in [0.1, 0.15) is 12.6 Å². The molecule has 0 saturated heterocycles. The maximum Gasteiger partial charge on any atom is 0.322 e. The Bertz CT molecular complexity index is 423. The lowest BCUT2D eigenvalue weighted by Crippen LogP contribution is -2.53. The van der Waals surface area contributed by atoms with E-state index >= 15 is 0 Å². The summed E-state index contributed by atoms with van der Waals surface area (Å²) >= 11 is 6.65. The van der Waals surface area contributed by atoms with Gasteiger partial charge in [0.15, 0.2) is 0 Å². The number of carboxylic acid groups (broad SMARTS) is 2. The molecule has 0 fully saturated rings. The molecule has 0 aliphatic carbocycles. The van der Waals surface area contributed by atoms with Crippen LogP contribution in [0.15, 0.2) is 0 Å². The summed E-state index contributed by atoms with van der Waals surface area (Å²) in [6, 6.07) is -2.08. The molecule has 0 aromatic rings. The van der Waals surface area contributed by atoms with Gasteiger partial charge in [-0.1, -0.05) is 0 Å². The van der Waals surface area contributed by atoms with Crippen LogP contribution in [-0.4, -0.2) is 63.6 Å². The molecule has 0 aromatic heterocycles. The Morgan fingerprint density at radius 3 is 2.27 bits per heavy atom. The van der Waals surface area contributed by atoms with Crippen molar-refractivity contribution in [3.8, 4) is 0 Å². The summed E-state index contributed by atoms with van der Waals surface area (Å²) in [6.45, 7) is -0.582. The minimum absolute atomic E-state index is 0.0761. The molecular formula is C11H18ClN3O6S. The van der Waals surface area contributed by atoms with Gasteiger partial charge in [0.05, 0.1) is 11.3 Å². The molecule has 0 spiro atoms. The van der Waals surface area contributed by atoms with Crippen LogP contribution < -0.4 is 16.4 Å². The van der Waals surface area contributed by atoms with E-state index < -0.39 is 42.4 Å². The largest absolute Gasteiger partial charge is 0.481 e. The summed E-state index contributed by atoms with van der Waals surface area (Å²) in [5.41, 5.74) is 5.53. The summed E-state index contributed by atoms with van der Waals surface area (Å²) in [5.74, 6) is -3.55. The Morgan fingerprint density at radius 2 is 1.77 bits per heavy atom. The van der Waals surface area contributed by atoms with Crippen molar-refractivity contribution >= 4 is 47.1 Å². The molecule has 6 N–H and O–H groups in total. The molecule has 126 valence electrons. The highest BCUT2D eigenvalue weighted by Crippen LogP contribution is 2.06. The van der Waals surface area contributed by atoms with E-state index in [1.165, 1.54) is 0 Å². The van der Waals surface area contributed by atoms with Crippen LogP contribution in [-0.2, 0) is 19.2 Å². The van der Waals surface area contributed by atoms with Crippen molar-refractivity contribution in [3.63, 3.8) is 0 Å². The zero-order chi connectivity index (χ0) is 17.1. The molecule has 9 nitrogen and oxygen atoms in total. The fourth-order valence-corrected chi connectivity index (χ4v) is 2.15. The number of aliphatic carboxylic acids is 2. The van der Waals surface area contributed by atoms with E-state index in [1.54, 1.807) is 0 Å². The molecule has 0 unspecified atom stereocenters. The molecule has 11 heteroatoms. The molecule has 0 aromatic carbocycles. The fourth-order valence-electron chi connectivity index (χ4n) is 1.32. The number of nitrogens with one attached hydrogen (secondary N) is 2. The molecule has 0 heterocycles. The van der Waals surface area contributed by atoms with E-state index in [9.17, 15) is 19.2 Å². The average molecular weight is 356 g/mol. The number of thioether (sulfide) groups is 1. The lowest BCUT2D eigenvalue weighted by Gasteiger charge is -2.19. The third-order valence-electron chi connectivity index (χ3n) is 2.41. The van der Waals surface area contributed by atoms with Gasteiger partial charge in [0, 0.05) is 12.2 Å². The highest BCUT2D eigenvalue weighted by molar-refractivity contribution is 8.00. The second kappa shape index (κ2) is 11.1. The fraction of sp³-hybridized carbons (Fsp3) is 0.636. The number of carbonyl (C=O) groups excluding carboxylic acids is 2. The summed E-state index contributed by atoms with van der Waals surface area (Å²) in [5, 5.41) is 21.7. The van der Waals surface area contributed by atoms with Crippen LogP contribution >= 0.6 is 23.4 Å². The van der Waals surface area contributed by atoms with E-state index in [-0.39, 0.29) is 23.8 Å². The van der Waals surface area contributed by atoms with Gasteiger partial charge in [-0.05, 0) is 6.42 Å². The molecule has 2 atom stereocenters. The minimum Gasteiger partial charge on any atom is -0.481 e. The van der Waals surface area contributed by atoms with Crippen molar-refractivity contribution < 1.29 is 29.4 Å². The average Bonchev–Trinajstić information content (AvgIpc) is 2.45. The highest BCUT2D eigenvalue weighted by Gasteiger charge is 2.24. The number of carboxylic acids is 2. The monoisotopic (exact) mass is 355 g/mol. The van der Waals surface area contributed by atoms with E-state index in [0.29, 0.717) is 0 Å². The van der Waals surface area contributed by atoms with Gasteiger partial charge in [0.25, 0.3) is 0 Å². The first-order chi connectivity index (χ1) is 10.3. The maximum atomic E-state index is 11.8. The number of amides is 2. The van der Waals surface area contributed by atoms with Crippen LogP contribution in [0, 0.1) is 0 Å². The number of nitrogens with two attached hydrogens (primary N) is 1. The lowest BCUT2D eigenvalue weighted by atomic mass is 10.1. The lowest BCUT2D eigenvalue weighted by molar-refractivity contribution is -0.138. The molecule has 2 amide bonds. The van der Waals surface area contributed by atoms with E-state index in [4.69, 9.17) is 27.5 Å². The standard InChI is InChI=1S/C11H18ClN3O6S/c12-5-22-4-7(11(21)14-3-9(18)19)15-10(20)6(13)1-2-8(16)17/h6-7H,1-5,13H2,(H,14,21)(H,15,20)(H,16,17)(H,18,19)/t6-,7-/m0/s1. The Kier molecular flexibility index (Phi) is 10.3. The van der Waals surface area contributed by atoms with E-state index in [0.717, 1.165) is 11.8 Å². The van der Waals surface area contributed by atoms with Gasteiger partial charge in [-0.25, -0.2) is 0 Å². The molecular weight excluding hydrogens is 338 g/mol. The Morgan fingerprint density at radius 1 is 1.14 bits per heavy atom. The first-order valence-corrected chi connectivity index (χ1v) is 7.87. The zero-order valence-corrected chi connectivity index (χ0v) is 13.2. The Hall–Kier alpha value is -1.52. The summed E-state index contributed by atoms with van der Waals surface area (Å²) in [4.78, 5) is 44.4. The van der Waals surface area contributed by atoms with Crippen LogP contribution in [0.1, 0.15) is 12.8 Å². The number of rotatable bonds is 11. The predicted octanol–water partition coefficient (Wildman–Crippen LogP) is -1.21. The predicted molar refractivity (Wildman–Crippen MR) is 80.6 cm³/mol. The number of alkyl halides is 1. The van der Waals surface area contributed by atoms with Gasteiger partial charge in [-0.15, -0.1) is 23.4 Å². The van der Waals surface area contributed by atoms with E-state index in [1.807, 2.05) is 0 Å². The number of hydrogen-bond acceptors (Lipinski definition) is 6. The third kappa shape index (κ3) is 9.42. The summed E-state index contributed by atoms with van der Waals surface area (Å²) in [7, 11) is 0. The quantitative estimate of drug-likeness (QED) is 0.289. The summed E-state index contributed by atoms with van der Waals surface area (Å²) in [6.07, 6.45) is -0.353. The molecule has 0 radical (unpaired) electrons. The number of hydrogen-bond donors (Lipinski definition) is 5. The van der Waals surface area contributed by atoms with Crippen LogP contribution in [0.5, 0.6) is 0 Å². The Labute approximate surface area is 135 Å². The molecule has 0 saturated carbocycles. The van der Waals surface area contributed by atoms with Gasteiger partial charge >= 0.3 is 11.9 Å². The number of carbonyl (C=O) groups is 4. The molecule has 0 aliphatic rings. The second-order valence-electron chi connectivity index (χ2n) is 4.19. The van der Waals surface area contributed by atoms with Crippen LogP contribution in [0.4, 0.5) is 0 Å². The van der Waals surface area contributed by atoms with Crippen molar-refractivity contribution in [1.82, 2.24) is 10.6 Å². The van der Waals surface area contributed by atoms with Gasteiger partial charge < -0.3 is 26.6 Å². The molecule has 0 rings (SSSR count). The van der Waals surface area contributed by atoms with E-state index in [2.05, 4.69) is 10.6 Å². The molecule has 22 heavy (non-hydrogen) atoms. The van der Waals surface area contributed by atoms with Crippen LogP contribution in [0.3, 0.4) is 0 Å². The zero-order valence-electron chi connectivity index (χ0n) is 11.6. The first kappa shape index (κ1) is 20.5. The normalized spacial score (nSPS) is 13.0. The minimum atomic E-state index is -1.22. The van der Waals surface area contributed by atoms with Gasteiger partial charge in [-0.2, -0.15) is 0 Å². The first-order valence-electron chi connectivity index (χ1n) is 6.18. The topological polar surface area (TPSA) is 159 Å². The smallest absolute Gasteiger partial charge is 0.322 e. The SMILES string of the molecule is N[C@@H](CCC(=O)O)C(=O)N[C@@H](CSCCl)C(=O)NCC(=O)O. The third-order valence-corrected chi connectivity index (χ3v) is 3.60. The molecule has 0 bridgehead atoms. The van der Waals surface area contributed by atoms with Crippen LogP contribution in [0.25, 0.3) is 0 Å². The van der Waals surface area contributed by atoms with Crippen molar-refractivity contribution in [2.45, 2.75) is 24.9 Å². The van der Waals surface area contributed by atoms with Crippen molar-refractivity contribution in [2.24, 2.45) is 5.73 Å². The summed E-state index contributed by atoms with van der Waals surface area (Å²) < 4.78 is 0. The van der Waals surface area contributed by atoms with Crippen molar-refractivity contribution in [2.75, 3.05) is 17.5 Å². The maximum absolute atomic E-state index is 11.8. The number of halogens is 1. The van der Waals surface area contributed by atoms with Crippen molar-refractivity contribution in [1.29, 1.82) is 0 Å². The van der Waals surface area contributed by atoms with Crippen LogP contribution in [0.2, 0.25) is 0 Å².